The van der Waals surface area contributed by atoms with Crippen molar-refractivity contribution in [1.29, 1.82) is 0 Å². The fraction of sp³-hybridized carbons (Fsp3) is 0.400. The van der Waals surface area contributed by atoms with Crippen molar-refractivity contribution in [3.8, 4) is 10.6 Å². The molecule has 8 heteroatoms. The van der Waals surface area contributed by atoms with Gasteiger partial charge in [-0.15, -0.1) is 22.7 Å². The van der Waals surface area contributed by atoms with Gasteiger partial charge in [-0.1, -0.05) is 0 Å². The summed E-state index contributed by atoms with van der Waals surface area (Å²) in [7, 11) is 0. The average molecular weight is 353 g/mol. The van der Waals surface area contributed by atoms with Crippen molar-refractivity contribution >= 4 is 39.7 Å². The summed E-state index contributed by atoms with van der Waals surface area (Å²) in [5, 5.41) is 5.16. The summed E-state index contributed by atoms with van der Waals surface area (Å²) in [6.45, 7) is 5.34. The van der Waals surface area contributed by atoms with Crippen LogP contribution in [-0.2, 0) is 20.9 Å². The van der Waals surface area contributed by atoms with Crippen LogP contribution in [0.1, 0.15) is 25.6 Å². The van der Waals surface area contributed by atoms with Crippen LogP contribution in [0.15, 0.2) is 17.5 Å². The summed E-state index contributed by atoms with van der Waals surface area (Å²) >= 11 is 2.93. The third kappa shape index (κ3) is 5.04. The molecule has 2 aromatic rings. The molecule has 1 amide bonds. The number of aromatic nitrogens is 1. The molecule has 3 N–H and O–H groups in total. The second kappa shape index (κ2) is 7.10. The van der Waals surface area contributed by atoms with Crippen LogP contribution in [-0.4, -0.2) is 23.5 Å². The number of amides is 1. The van der Waals surface area contributed by atoms with Crippen molar-refractivity contribution in [2.45, 2.75) is 27.3 Å². The number of carbonyl (C=O) groups excluding carboxylic acids is 2. The fourth-order valence-electron chi connectivity index (χ4n) is 1.60. The summed E-state index contributed by atoms with van der Waals surface area (Å²) in [5.74, 6) is -0.720. The van der Waals surface area contributed by atoms with Crippen molar-refractivity contribution < 1.29 is 14.3 Å². The second-order valence-electron chi connectivity index (χ2n) is 5.94. The predicted molar refractivity (Wildman–Crippen MR) is 92.1 cm³/mol. The van der Waals surface area contributed by atoms with Crippen LogP contribution in [0, 0.1) is 5.41 Å². The SMILES string of the molecule is CC(C)(C)C(=O)OCC(=O)NCc1ccc(-c2csc(N)n2)s1. The van der Waals surface area contributed by atoms with Gasteiger partial charge in [0.05, 0.1) is 22.5 Å². The summed E-state index contributed by atoms with van der Waals surface area (Å²) in [6, 6.07) is 3.87. The number of rotatable bonds is 5. The number of anilines is 1. The molecule has 2 aromatic heterocycles. The van der Waals surface area contributed by atoms with E-state index in [4.69, 9.17) is 10.5 Å². The Morgan fingerprint density at radius 1 is 1.35 bits per heavy atom. The van der Waals surface area contributed by atoms with Gasteiger partial charge in [0.25, 0.3) is 5.91 Å². The molecule has 0 bridgehead atoms. The Morgan fingerprint density at radius 3 is 2.70 bits per heavy atom. The highest BCUT2D eigenvalue weighted by molar-refractivity contribution is 7.16. The van der Waals surface area contributed by atoms with E-state index in [9.17, 15) is 9.59 Å². The lowest BCUT2D eigenvalue weighted by Crippen LogP contribution is -2.31. The van der Waals surface area contributed by atoms with E-state index in [1.54, 1.807) is 20.8 Å². The van der Waals surface area contributed by atoms with Crippen molar-refractivity contribution in [2.75, 3.05) is 12.3 Å². The number of nitrogen functional groups attached to an aromatic ring is 1. The Morgan fingerprint density at radius 2 is 2.09 bits per heavy atom. The summed E-state index contributed by atoms with van der Waals surface area (Å²) < 4.78 is 4.96. The number of nitrogens with one attached hydrogen (secondary N) is 1. The number of thiazole rings is 1. The lowest BCUT2D eigenvalue weighted by molar-refractivity contribution is -0.156. The van der Waals surface area contributed by atoms with E-state index in [-0.39, 0.29) is 12.5 Å². The van der Waals surface area contributed by atoms with Crippen LogP contribution >= 0.6 is 22.7 Å². The van der Waals surface area contributed by atoms with Gasteiger partial charge in [0, 0.05) is 10.3 Å². The van der Waals surface area contributed by atoms with E-state index in [1.165, 1.54) is 22.7 Å². The van der Waals surface area contributed by atoms with E-state index >= 15 is 0 Å². The minimum Gasteiger partial charge on any atom is -0.455 e. The topological polar surface area (TPSA) is 94.3 Å². The number of hydrogen-bond donors (Lipinski definition) is 2. The molecule has 0 saturated carbocycles. The van der Waals surface area contributed by atoms with Crippen LogP contribution in [0.25, 0.3) is 10.6 Å². The monoisotopic (exact) mass is 353 g/mol. The molecule has 0 aromatic carbocycles. The largest absolute Gasteiger partial charge is 0.455 e. The van der Waals surface area contributed by atoms with Gasteiger partial charge in [-0.2, -0.15) is 0 Å². The molecule has 0 unspecified atom stereocenters. The second-order valence-corrected chi connectivity index (χ2v) is 8.00. The van der Waals surface area contributed by atoms with Gasteiger partial charge < -0.3 is 15.8 Å². The highest BCUT2D eigenvalue weighted by Crippen LogP contribution is 2.29. The van der Waals surface area contributed by atoms with E-state index in [2.05, 4.69) is 10.3 Å². The first-order valence-electron chi connectivity index (χ1n) is 7.00. The van der Waals surface area contributed by atoms with Crippen molar-refractivity contribution in [1.82, 2.24) is 10.3 Å². The quantitative estimate of drug-likeness (QED) is 0.806. The third-order valence-corrected chi connectivity index (χ3v) is 4.62. The van der Waals surface area contributed by atoms with Gasteiger partial charge >= 0.3 is 5.97 Å². The van der Waals surface area contributed by atoms with E-state index in [1.807, 2.05) is 17.5 Å². The van der Waals surface area contributed by atoms with Crippen LogP contribution in [0.5, 0.6) is 0 Å². The van der Waals surface area contributed by atoms with Crippen LogP contribution in [0.2, 0.25) is 0 Å². The molecule has 0 spiro atoms. The van der Waals surface area contributed by atoms with Gasteiger partial charge in [-0.3, -0.25) is 9.59 Å². The third-order valence-electron chi connectivity index (χ3n) is 2.84. The van der Waals surface area contributed by atoms with Crippen molar-refractivity contribution in [3.05, 3.63) is 22.4 Å². The zero-order valence-corrected chi connectivity index (χ0v) is 14.8. The van der Waals surface area contributed by atoms with Gasteiger partial charge in [0.2, 0.25) is 0 Å². The fourth-order valence-corrected chi connectivity index (χ4v) is 3.14. The Balaban J connectivity index is 1.81. The van der Waals surface area contributed by atoms with Gasteiger partial charge in [0.1, 0.15) is 0 Å². The molecule has 6 nitrogen and oxygen atoms in total. The highest BCUT2D eigenvalue weighted by atomic mass is 32.1. The molecule has 0 fully saturated rings. The predicted octanol–water partition coefficient (Wildman–Crippen LogP) is 2.66. The summed E-state index contributed by atoms with van der Waals surface area (Å²) in [6.07, 6.45) is 0. The number of thiophene rings is 1. The molecule has 0 radical (unpaired) electrons. The molecule has 0 aliphatic rings. The van der Waals surface area contributed by atoms with Gasteiger partial charge in [-0.05, 0) is 32.9 Å². The van der Waals surface area contributed by atoms with Crippen LogP contribution < -0.4 is 11.1 Å². The zero-order valence-electron chi connectivity index (χ0n) is 13.2. The van der Waals surface area contributed by atoms with Crippen LogP contribution in [0.4, 0.5) is 5.13 Å². The Hall–Kier alpha value is -1.93. The first-order valence-corrected chi connectivity index (χ1v) is 8.69. The first-order chi connectivity index (χ1) is 10.8. The van der Waals surface area contributed by atoms with Gasteiger partial charge in [-0.25, -0.2) is 4.98 Å². The normalized spacial score (nSPS) is 11.3. The molecular formula is C15H19N3O3S2. The van der Waals surface area contributed by atoms with Crippen LogP contribution in [0.3, 0.4) is 0 Å². The maximum Gasteiger partial charge on any atom is 0.311 e. The minimum absolute atomic E-state index is 0.267. The number of hydrogen-bond acceptors (Lipinski definition) is 7. The lowest BCUT2D eigenvalue weighted by Gasteiger charge is -2.16. The molecule has 0 saturated heterocycles. The summed E-state index contributed by atoms with van der Waals surface area (Å²) in [5.41, 5.74) is 5.85. The lowest BCUT2D eigenvalue weighted by atomic mass is 9.97. The molecule has 0 aliphatic heterocycles. The van der Waals surface area contributed by atoms with E-state index in [0.29, 0.717) is 11.7 Å². The number of nitrogens with zero attached hydrogens (tertiary/aromatic N) is 1. The summed E-state index contributed by atoms with van der Waals surface area (Å²) in [4.78, 5) is 29.5. The maximum absolute atomic E-state index is 11.7. The highest BCUT2D eigenvalue weighted by Gasteiger charge is 2.23. The molecule has 2 heterocycles. The number of carbonyl (C=O) groups is 2. The molecular weight excluding hydrogens is 334 g/mol. The average Bonchev–Trinajstić information content (AvgIpc) is 3.10. The van der Waals surface area contributed by atoms with E-state index < -0.39 is 11.4 Å². The standard InChI is InChI=1S/C15H19N3O3S2/c1-15(2,3)13(20)21-7-12(19)17-6-9-4-5-11(23-9)10-8-22-14(16)18-10/h4-5,8H,6-7H2,1-3H3,(H2,16,18)(H,17,19). The molecule has 23 heavy (non-hydrogen) atoms. The smallest absolute Gasteiger partial charge is 0.311 e. The molecule has 2 rings (SSSR count). The Bertz CT molecular complexity index is 701. The minimum atomic E-state index is -0.613. The molecule has 0 atom stereocenters. The Kier molecular flexibility index (Phi) is 5.38. The molecule has 0 aliphatic carbocycles. The Labute approximate surface area is 142 Å². The number of ether oxygens (including phenoxy) is 1. The van der Waals surface area contributed by atoms with Gasteiger partial charge in [0.15, 0.2) is 11.7 Å². The number of nitrogens with two attached hydrogens (primary N) is 1. The zero-order chi connectivity index (χ0) is 17.0. The van der Waals surface area contributed by atoms with E-state index in [0.717, 1.165) is 15.4 Å². The first kappa shape index (κ1) is 17.4. The maximum atomic E-state index is 11.7. The van der Waals surface area contributed by atoms with Crippen molar-refractivity contribution in [2.24, 2.45) is 5.41 Å². The van der Waals surface area contributed by atoms with Crippen molar-refractivity contribution in [3.63, 3.8) is 0 Å². The molecule has 124 valence electrons. The number of esters is 1.